The summed E-state index contributed by atoms with van der Waals surface area (Å²) in [5.74, 6) is 1.04. The van der Waals surface area contributed by atoms with Crippen LogP contribution in [-0.2, 0) is 13.1 Å². The van der Waals surface area contributed by atoms with E-state index in [4.69, 9.17) is 0 Å². The predicted octanol–water partition coefficient (Wildman–Crippen LogP) is 2.59. The molecule has 2 heterocycles. The Morgan fingerprint density at radius 3 is 2.83 bits per heavy atom. The van der Waals surface area contributed by atoms with Crippen LogP contribution in [0.5, 0.6) is 0 Å². The Morgan fingerprint density at radius 1 is 1.33 bits per heavy atom. The van der Waals surface area contributed by atoms with Gasteiger partial charge in [0, 0.05) is 29.1 Å². The summed E-state index contributed by atoms with van der Waals surface area (Å²) in [7, 11) is 0. The highest BCUT2D eigenvalue weighted by atomic mass is 79.9. The third-order valence-electron chi connectivity index (χ3n) is 2.59. The van der Waals surface area contributed by atoms with E-state index in [1.54, 1.807) is 0 Å². The van der Waals surface area contributed by atoms with Crippen molar-refractivity contribution in [1.82, 2.24) is 19.9 Å². The normalized spacial score (nSPS) is 11.1. The largest absolute Gasteiger partial charge is 0.328 e. The number of halogens is 1. The summed E-state index contributed by atoms with van der Waals surface area (Å²) in [6, 6.07) is 4.48. The second-order valence-electron chi connectivity index (χ2n) is 4.47. The molecule has 0 atom stereocenters. The summed E-state index contributed by atoms with van der Waals surface area (Å²) in [5.41, 5.74) is 1.03. The van der Waals surface area contributed by atoms with Crippen LogP contribution in [0.4, 0.5) is 0 Å². The van der Waals surface area contributed by atoms with Gasteiger partial charge in [0.25, 0.3) is 0 Å². The second kappa shape index (κ2) is 6.11. The quantitative estimate of drug-likeness (QED) is 0.923. The van der Waals surface area contributed by atoms with E-state index in [0.717, 1.165) is 29.1 Å². The molecule has 1 N–H and O–H groups in total. The fraction of sp³-hybridized carbons (Fsp3) is 0.385. The molecule has 0 fully saturated rings. The minimum Gasteiger partial charge on any atom is -0.328 e. The van der Waals surface area contributed by atoms with Crippen LogP contribution < -0.4 is 5.32 Å². The Kier molecular flexibility index (Phi) is 4.49. The van der Waals surface area contributed by atoms with Gasteiger partial charge in [-0.05, 0) is 28.1 Å². The van der Waals surface area contributed by atoms with Crippen LogP contribution in [0.25, 0.3) is 0 Å². The molecule has 0 radical (unpaired) electrons. The average molecular weight is 309 g/mol. The lowest BCUT2D eigenvalue weighted by molar-refractivity contribution is 0.553. The van der Waals surface area contributed by atoms with Crippen LogP contribution in [0.2, 0.25) is 0 Å². The SMILES string of the molecule is CC(C)NCc1nccn1Cc1ccc(Br)cn1. The molecular formula is C13H17BrN4. The first-order valence-corrected chi connectivity index (χ1v) is 6.78. The molecular weight excluding hydrogens is 292 g/mol. The maximum atomic E-state index is 4.37. The standard InChI is InChI=1S/C13H17BrN4/c1-10(2)16-8-13-15-5-6-18(13)9-12-4-3-11(14)7-17-12/h3-7,10,16H,8-9H2,1-2H3. The molecule has 18 heavy (non-hydrogen) atoms. The first-order chi connectivity index (χ1) is 8.65. The monoisotopic (exact) mass is 308 g/mol. The molecule has 0 bridgehead atoms. The second-order valence-corrected chi connectivity index (χ2v) is 5.39. The molecule has 2 aromatic heterocycles. The fourth-order valence-electron chi connectivity index (χ4n) is 1.62. The molecule has 2 rings (SSSR count). The van der Waals surface area contributed by atoms with Gasteiger partial charge < -0.3 is 9.88 Å². The zero-order chi connectivity index (χ0) is 13.0. The van der Waals surface area contributed by atoms with Gasteiger partial charge >= 0.3 is 0 Å². The Labute approximate surface area is 116 Å². The van der Waals surface area contributed by atoms with Crippen molar-refractivity contribution in [3.8, 4) is 0 Å². The first kappa shape index (κ1) is 13.2. The topological polar surface area (TPSA) is 42.7 Å². The van der Waals surface area contributed by atoms with Crippen molar-refractivity contribution in [2.24, 2.45) is 0 Å². The number of nitrogens with zero attached hydrogens (tertiary/aromatic N) is 3. The van der Waals surface area contributed by atoms with Crippen molar-refractivity contribution in [2.45, 2.75) is 33.0 Å². The Morgan fingerprint density at radius 2 is 2.17 bits per heavy atom. The first-order valence-electron chi connectivity index (χ1n) is 5.99. The van der Waals surface area contributed by atoms with Crippen LogP contribution in [-0.4, -0.2) is 20.6 Å². The predicted molar refractivity (Wildman–Crippen MR) is 75.2 cm³/mol. The van der Waals surface area contributed by atoms with E-state index in [-0.39, 0.29) is 0 Å². The van der Waals surface area contributed by atoms with Gasteiger partial charge in [-0.3, -0.25) is 4.98 Å². The Hall–Kier alpha value is -1.20. The minimum absolute atomic E-state index is 0.459. The molecule has 0 saturated carbocycles. The van der Waals surface area contributed by atoms with E-state index in [0.29, 0.717) is 6.04 Å². The van der Waals surface area contributed by atoms with Gasteiger partial charge in [0.15, 0.2) is 0 Å². The van der Waals surface area contributed by atoms with Gasteiger partial charge in [0.2, 0.25) is 0 Å². The maximum absolute atomic E-state index is 4.37. The van der Waals surface area contributed by atoms with Crippen molar-refractivity contribution in [3.63, 3.8) is 0 Å². The number of aromatic nitrogens is 3. The third kappa shape index (κ3) is 3.65. The average Bonchev–Trinajstić information content (AvgIpc) is 2.77. The highest BCUT2D eigenvalue weighted by Gasteiger charge is 2.04. The van der Waals surface area contributed by atoms with Crippen molar-refractivity contribution >= 4 is 15.9 Å². The van der Waals surface area contributed by atoms with E-state index in [1.165, 1.54) is 0 Å². The molecule has 0 aliphatic carbocycles. The minimum atomic E-state index is 0.459. The lowest BCUT2D eigenvalue weighted by Gasteiger charge is -2.10. The molecule has 0 unspecified atom stereocenters. The summed E-state index contributed by atoms with van der Waals surface area (Å²) in [6.45, 7) is 5.79. The molecule has 0 aliphatic rings. The van der Waals surface area contributed by atoms with Crippen molar-refractivity contribution in [1.29, 1.82) is 0 Å². The summed E-state index contributed by atoms with van der Waals surface area (Å²) >= 11 is 3.39. The number of hydrogen-bond acceptors (Lipinski definition) is 3. The highest BCUT2D eigenvalue weighted by Crippen LogP contribution is 2.09. The van der Waals surface area contributed by atoms with Gasteiger partial charge in [-0.2, -0.15) is 0 Å². The summed E-state index contributed by atoms with van der Waals surface area (Å²) in [4.78, 5) is 8.74. The van der Waals surface area contributed by atoms with Gasteiger partial charge in [-0.25, -0.2) is 4.98 Å². The zero-order valence-corrected chi connectivity index (χ0v) is 12.2. The van der Waals surface area contributed by atoms with Gasteiger partial charge in [-0.15, -0.1) is 0 Å². The molecule has 0 aromatic carbocycles. The van der Waals surface area contributed by atoms with Crippen LogP contribution >= 0.6 is 15.9 Å². The molecule has 5 heteroatoms. The number of hydrogen-bond donors (Lipinski definition) is 1. The van der Waals surface area contributed by atoms with Gasteiger partial charge in [0.1, 0.15) is 5.82 Å². The molecule has 2 aromatic rings. The third-order valence-corrected chi connectivity index (χ3v) is 3.06. The molecule has 0 aliphatic heterocycles. The van der Waals surface area contributed by atoms with E-state index in [9.17, 15) is 0 Å². The smallest absolute Gasteiger partial charge is 0.123 e. The van der Waals surface area contributed by atoms with Gasteiger partial charge in [0.05, 0.1) is 18.8 Å². The summed E-state index contributed by atoms with van der Waals surface area (Å²) < 4.78 is 3.12. The molecule has 0 saturated heterocycles. The van der Waals surface area contributed by atoms with Crippen LogP contribution in [0, 0.1) is 0 Å². The van der Waals surface area contributed by atoms with Crippen LogP contribution in [0.1, 0.15) is 25.4 Å². The number of nitrogens with one attached hydrogen (secondary N) is 1. The van der Waals surface area contributed by atoms with Gasteiger partial charge in [-0.1, -0.05) is 13.8 Å². The lowest BCUT2D eigenvalue weighted by atomic mass is 10.3. The summed E-state index contributed by atoms with van der Waals surface area (Å²) in [6.07, 6.45) is 5.63. The summed E-state index contributed by atoms with van der Waals surface area (Å²) in [5, 5.41) is 3.37. The highest BCUT2D eigenvalue weighted by molar-refractivity contribution is 9.10. The lowest BCUT2D eigenvalue weighted by Crippen LogP contribution is -2.24. The van der Waals surface area contributed by atoms with Crippen LogP contribution in [0.15, 0.2) is 35.2 Å². The van der Waals surface area contributed by atoms with E-state index < -0.39 is 0 Å². The molecule has 96 valence electrons. The van der Waals surface area contributed by atoms with Crippen molar-refractivity contribution in [3.05, 3.63) is 46.7 Å². The number of imidazole rings is 1. The van der Waals surface area contributed by atoms with Crippen LogP contribution in [0.3, 0.4) is 0 Å². The number of rotatable bonds is 5. The molecule has 0 spiro atoms. The van der Waals surface area contributed by atoms with Crippen molar-refractivity contribution < 1.29 is 0 Å². The van der Waals surface area contributed by atoms with E-state index in [2.05, 4.69) is 49.6 Å². The zero-order valence-electron chi connectivity index (χ0n) is 10.6. The Balaban J connectivity index is 2.05. The number of pyridine rings is 1. The fourth-order valence-corrected chi connectivity index (χ4v) is 1.86. The van der Waals surface area contributed by atoms with Crippen molar-refractivity contribution in [2.75, 3.05) is 0 Å². The molecule has 4 nitrogen and oxygen atoms in total. The Bertz CT molecular complexity index is 490. The maximum Gasteiger partial charge on any atom is 0.123 e. The van der Waals surface area contributed by atoms with E-state index >= 15 is 0 Å². The molecule has 0 amide bonds. The van der Waals surface area contributed by atoms with E-state index in [1.807, 2.05) is 30.7 Å².